The number of nitrogens with one attached hydrogen (secondary N) is 2. The predicted octanol–water partition coefficient (Wildman–Crippen LogP) is 6.08. The summed E-state index contributed by atoms with van der Waals surface area (Å²) < 4.78 is 29.4. The van der Waals surface area contributed by atoms with E-state index in [1.165, 1.54) is 12.7 Å². The quantitative estimate of drug-likeness (QED) is 0.274. The van der Waals surface area contributed by atoms with Crippen LogP contribution in [-0.4, -0.2) is 71.8 Å². The average Bonchev–Trinajstić information content (AvgIpc) is 3.67. The van der Waals surface area contributed by atoms with Crippen molar-refractivity contribution in [2.45, 2.75) is 103 Å². The number of alkyl carbamates (subject to hydrolysis) is 1. The van der Waals surface area contributed by atoms with Crippen molar-refractivity contribution in [2.75, 3.05) is 25.6 Å². The average molecular weight is 641 g/mol. The lowest BCUT2D eigenvalue weighted by Crippen LogP contribution is -2.48. The summed E-state index contributed by atoms with van der Waals surface area (Å²) in [6, 6.07) is 3.54. The van der Waals surface area contributed by atoms with Crippen LogP contribution in [0, 0.1) is 11.8 Å². The lowest BCUT2D eigenvalue weighted by atomic mass is 9.78. The number of alkyl halides is 1. The van der Waals surface area contributed by atoms with Crippen LogP contribution < -0.4 is 10.6 Å². The summed E-state index contributed by atoms with van der Waals surface area (Å²) in [5, 5.41) is 5.67. The highest BCUT2D eigenvalue weighted by Crippen LogP contribution is 2.38. The Morgan fingerprint density at radius 1 is 1.07 bits per heavy atom. The maximum absolute atomic E-state index is 14.0. The van der Waals surface area contributed by atoms with E-state index < -0.39 is 36.4 Å². The molecule has 1 aromatic carbocycles. The van der Waals surface area contributed by atoms with E-state index in [4.69, 9.17) is 9.15 Å². The fourth-order valence-corrected chi connectivity index (χ4v) is 7.04. The maximum atomic E-state index is 14.0. The maximum Gasteiger partial charge on any atom is 0.407 e. The van der Waals surface area contributed by atoms with E-state index in [-0.39, 0.29) is 29.5 Å². The fraction of sp³-hybridized carbons (Fsp3) is 0.618. The van der Waals surface area contributed by atoms with Crippen LogP contribution in [-0.2, 0) is 19.1 Å². The third-order valence-electron chi connectivity index (χ3n) is 9.28. The van der Waals surface area contributed by atoms with Gasteiger partial charge in [-0.25, -0.2) is 19.0 Å². The third-order valence-corrected chi connectivity index (χ3v) is 9.28. The van der Waals surface area contributed by atoms with Crippen LogP contribution in [0.4, 0.5) is 14.9 Å². The third kappa shape index (κ3) is 7.70. The molecule has 1 aromatic heterocycles. The molecule has 3 amide bonds. The van der Waals surface area contributed by atoms with Crippen molar-refractivity contribution < 1.29 is 37.5 Å². The smallest absolute Gasteiger partial charge is 0.407 e. The molecule has 2 heterocycles. The van der Waals surface area contributed by atoms with Gasteiger partial charge < -0.3 is 29.4 Å². The van der Waals surface area contributed by atoms with Crippen molar-refractivity contribution in [1.29, 1.82) is 0 Å². The number of likely N-dealkylation sites (tertiary alicyclic amines) is 1. The molecule has 2 atom stereocenters. The van der Waals surface area contributed by atoms with Gasteiger partial charge >= 0.3 is 18.0 Å². The van der Waals surface area contributed by atoms with Crippen LogP contribution in [0.2, 0.25) is 0 Å². The van der Waals surface area contributed by atoms with Crippen molar-refractivity contribution in [2.24, 2.45) is 11.8 Å². The molecule has 1 saturated heterocycles. The second kappa shape index (κ2) is 14.2. The summed E-state index contributed by atoms with van der Waals surface area (Å²) in [4.78, 5) is 58.1. The van der Waals surface area contributed by atoms with Gasteiger partial charge in [0.25, 0.3) is 5.91 Å². The van der Waals surface area contributed by atoms with Gasteiger partial charge in [0.05, 0.1) is 13.2 Å². The zero-order valence-electron chi connectivity index (χ0n) is 27.2. The van der Waals surface area contributed by atoms with Crippen LogP contribution in [0.25, 0.3) is 11.1 Å². The SMILES string of the molecule is COC(=O)c1nc2cc(NC(=O)[C@@H]3C(=C4CCCCC4)CCN3C(=O)C3CCC([C@@H](CF)NC(=O)OC(C)(C)C)CC3)ccc2o1. The Morgan fingerprint density at radius 2 is 1.78 bits per heavy atom. The van der Waals surface area contributed by atoms with Crippen molar-refractivity contribution in [1.82, 2.24) is 15.2 Å². The van der Waals surface area contributed by atoms with Crippen LogP contribution in [0.5, 0.6) is 0 Å². The number of carbonyl (C=O) groups is 4. The zero-order valence-corrected chi connectivity index (χ0v) is 27.2. The topological polar surface area (TPSA) is 140 Å². The normalized spacial score (nSPS) is 22.8. The number of anilines is 1. The standard InChI is InChI=1S/C34H45FN4O7/c1-34(2,3)46-33(43)38-26(19-35)21-10-12-22(13-11-21)31(41)39-17-16-24(20-8-6-5-7-9-20)28(39)29(40)36-23-14-15-27-25(18-23)37-30(45-27)32(42)44-4/h14-15,18,21-22,26,28H,5-13,16-17,19H2,1-4H3,(H,36,40)(H,38,43)/t21?,22?,26-,28+/m1/s1. The largest absolute Gasteiger partial charge is 0.462 e. The molecule has 5 rings (SSSR count). The van der Waals surface area contributed by atoms with Crippen molar-refractivity contribution >= 4 is 40.7 Å². The molecule has 2 aromatic rings. The second-order valence-electron chi connectivity index (χ2n) is 13.6. The van der Waals surface area contributed by atoms with Crippen LogP contribution >= 0.6 is 0 Å². The molecule has 0 unspecified atom stereocenters. The molecule has 46 heavy (non-hydrogen) atoms. The fourth-order valence-electron chi connectivity index (χ4n) is 7.04. The van der Waals surface area contributed by atoms with Gasteiger partial charge in [-0.15, -0.1) is 0 Å². The van der Waals surface area contributed by atoms with Crippen LogP contribution in [0.15, 0.2) is 33.8 Å². The molecule has 0 bridgehead atoms. The first kappa shape index (κ1) is 33.4. The number of halogens is 1. The number of allylic oxidation sites excluding steroid dienone is 1. The van der Waals surface area contributed by atoms with Gasteiger partial charge in [0.1, 0.15) is 23.8 Å². The number of benzene rings is 1. The summed E-state index contributed by atoms with van der Waals surface area (Å²) in [5.41, 5.74) is 2.88. The van der Waals surface area contributed by atoms with Gasteiger partial charge in [-0.1, -0.05) is 12.0 Å². The Bertz CT molecular complexity index is 1480. The minimum absolute atomic E-state index is 0.0587. The predicted molar refractivity (Wildman–Crippen MR) is 169 cm³/mol. The lowest BCUT2D eigenvalue weighted by Gasteiger charge is -2.35. The number of hydrogen-bond acceptors (Lipinski definition) is 8. The first-order valence-corrected chi connectivity index (χ1v) is 16.3. The molecular formula is C34H45FN4O7. The highest BCUT2D eigenvalue weighted by Gasteiger charge is 2.43. The molecule has 0 radical (unpaired) electrons. The summed E-state index contributed by atoms with van der Waals surface area (Å²) >= 11 is 0. The summed E-state index contributed by atoms with van der Waals surface area (Å²) in [6.07, 6.45) is 7.47. The van der Waals surface area contributed by atoms with E-state index in [9.17, 15) is 23.6 Å². The number of esters is 1. The molecule has 2 aliphatic carbocycles. The van der Waals surface area contributed by atoms with E-state index in [0.717, 1.165) is 37.7 Å². The summed E-state index contributed by atoms with van der Waals surface area (Å²) in [7, 11) is 1.24. The van der Waals surface area contributed by atoms with E-state index in [2.05, 4.69) is 20.4 Å². The van der Waals surface area contributed by atoms with Crippen molar-refractivity contribution in [3.63, 3.8) is 0 Å². The number of hydrogen-bond donors (Lipinski definition) is 2. The molecule has 12 heteroatoms. The van der Waals surface area contributed by atoms with Gasteiger partial charge in [-0.05, 0) is 108 Å². The summed E-state index contributed by atoms with van der Waals surface area (Å²) in [6.45, 7) is 5.03. The molecule has 2 N–H and O–H groups in total. The first-order chi connectivity index (χ1) is 22.0. The number of carbonyl (C=O) groups excluding carboxylic acids is 4. The summed E-state index contributed by atoms with van der Waals surface area (Å²) in [5.74, 6) is -1.61. The highest BCUT2D eigenvalue weighted by molar-refractivity contribution is 6.01. The van der Waals surface area contributed by atoms with Crippen LogP contribution in [0.3, 0.4) is 0 Å². The number of amides is 3. The second-order valence-corrected chi connectivity index (χ2v) is 13.6. The van der Waals surface area contributed by atoms with Gasteiger partial charge in [0.2, 0.25) is 5.91 Å². The Balaban J connectivity index is 1.29. The molecular weight excluding hydrogens is 595 g/mol. The van der Waals surface area contributed by atoms with Gasteiger partial charge in [-0.2, -0.15) is 0 Å². The van der Waals surface area contributed by atoms with Crippen molar-refractivity contribution in [3.05, 3.63) is 35.2 Å². The number of rotatable bonds is 7. The monoisotopic (exact) mass is 640 g/mol. The van der Waals surface area contributed by atoms with E-state index in [1.54, 1.807) is 43.9 Å². The Hall–Kier alpha value is -3.96. The molecule has 3 fully saturated rings. The minimum Gasteiger partial charge on any atom is -0.462 e. The van der Waals surface area contributed by atoms with Crippen molar-refractivity contribution in [3.8, 4) is 0 Å². The van der Waals surface area contributed by atoms with E-state index >= 15 is 0 Å². The Morgan fingerprint density at radius 3 is 2.43 bits per heavy atom. The number of nitrogens with zero attached hydrogens (tertiary/aromatic N) is 2. The lowest BCUT2D eigenvalue weighted by molar-refractivity contribution is -0.140. The van der Waals surface area contributed by atoms with Gasteiger partial charge in [-0.3, -0.25) is 9.59 Å². The molecule has 11 nitrogen and oxygen atoms in total. The number of fused-ring (bicyclic) bond motifs is 1. The zero-order chi connectivity index (χ0) is 33.0. The molecule has 250 valence electrons. The molecule has 1 aliphatic heterocycles. The molecule has 0 spiro atoms. The minimum atomic E-state index is -0.718. The number of aromatic nitrogens is 1. The Labute approximate surface area is 268 Å². The Kier molecular flexibility index (Phi) is 10.3. The van der Waals surface area contributed by atoms with Crippen LogP contribution in [0.1, 0.15) is 95.7 Å². The van der Waals surface area contributed by atoms with Gasteiger partial charge in [0.15, 0.2) is 5.58 Å². The highest BCUT2D eigenvalue weighted by atomic mass is 19.1. The van der Waals surface area contributed by atoms with E-state index in [1.807, 2.05) is 0 Å². The van der Waals surface area contributed by atoms with Gasteiger partial charge in [0, 0.05) is 18.2 Å². The number of ether oxygens (including phenoxy) is 2. The first-order valence-electron chi connectivity index (χ1n) is 16.3. The molecule has 2 saturated carbocycles. The number of methoxy groups -OCH3 is 1. The van der Waals surface area contributed by atoms with E-state index in [0.29, 0.717) is 55.4 Å². The molecule has 3 aliphatic rings. The number of oxazole rings is 1.